The Balaban J connectivity index is 1.23. The van der Waals surface area contributed by atoms with Gasteiger partial charge >= 0.3 is 5.97 Å². The summed E-state index contributed by atoms with van der Waals surface area (Å²) in [5.74, 6) is -0.234. The number of hydrogen-bond donors (Lipinski definition) is 2. The lowest BCUT2D eigenvalue weighted by Crippen LogP contribution is -1.99. The first-order chi connectivity index (χ1) is 17.5. The molecule has 0 aliphatic carbocycles. The summed E-state index contributed by atoms with van der Waals surface area (Å²) in [6, 6.07) is 31.7. The summed E-state index contributed by atoms with van der Waals surface area (Å²) >= 11 is 0. The highest BCUT2D eigenvalue weighted by Gasteiger charge is 2.08. The maximum Gasteiger partial charge on any atom is 0.335 e. The van der Waals surface area contributed by atoms with Crippen LogP contribution in [0.2, 0.25) is 0 Å². The summed E-state index contributed by atoms with van der Waals surface area (Å²) in [5.41, 5.74) is 4.74. The van der Waals surface area contributed by atoms with Crippen molar-refractivity contribution in [2.24, 2.45) is 0 Å². The van der Waals surface area contributed by atoms with Gasteiger partial charge in [-0.15, -0.1) is 0 Å². The van der Waals surface area contributed by atoms with Gasteiger partial charge in [0.1, 0.15) is 30.5 Å². The zero-order valence-corrected chi connectivity index (χ0v) is 19.3. The number of nitrogens with zero attached hydrogens (tertiary/aromatic N) is 1. The van der Waals surface area contributed by atoms with Crippen LogP contribution >= 0.6 is 0 Å². The third-order valence-corrected chi connectivity index (χ3v) is 5.70. The van der Waals surface area contributed by atoms with E-state index in [-0.39, 0.29) is 17.9 Å². The van der Waals surface area contributed by atoms with Crippen LogP contribution in [0.4, 0.5) is 0 Å². The minimum atomic E-state index is -1.13. The van der Waals surface area contributed by atoms with E-state index >= 15 is 0 Å². The molecule has 0 aliphatic rings. The molecule has 4 aromatic carbocycles. The third-order valence-electron chi connectivity index (χ3n) is 5.70. The maximum absolute atomic E-state index is 11.2. The molecule has 0 bridgehead atoms. The molecule has 5 aromatic rings. The summed E-state index contributed by atoms with van der Waals surface area (Å²) in [4.78, 5) is 15.8. The van der Waals surface area contributed by atoms with Gasteiger partial charge in [0.15, 0.2) is 0 Å². The van der Waals surface area contributed by atoms with Crippen LogP contribution in [0.3, 0.4) is 0 Å². The zero-order valence-electron chi connectivity index (χ0n) is 19.3. The summed E-state index contributed by atoms with van der Waals surface area (Å²) in [6.07, 6.45) is 0. The van der Waals surface area contributed by atoms with Crippen molar-refractivity contribution < 1.29 is 24.5 Å². The van der Waals surface area contributed by atoms with Crippen molar-refractivity contribution in [3.05, 3.63) is 120 Å². The Morgan fingerprint density at radius 2 is 1.53 bits per heavy atom. The Hall–Kier alpha value is -4.84. The van der Waals surface area contributed by atoms with Crippen LogP contribution in [0.25, 0.3) is 22.0 Å². The number of ether oxygens (including phenoxy) is 2. The zero-order chi connectivity index (χ0) is 24.9. The molecule has 1 aromatic heterocycles. The quantitative estimate of drug-likeness (QED) is 0.266. The van der Waals surface area contributed by atoms with Gasteiger partial charge in [-0.05, 0) is 59.2 Å². The highest BCUT2D eigenvalue weighted by atomic mass is 16.5. The fraction of sp³-hybridized carbons (Fsp3) is 0.0667. The number of aromatic hydroxyl groups is 1. The monoisotopic (exact) mass is 477 g/mol. The summed E-state index contributed by atoms with van der Waals surface area (Å²) in [7, 11) is 0. The minimum Gasteiger partial charge on any atom is -0.508 e. The molecule has 5 rings (SSSR count). The predicted octanol–water partition coefficient (Wildman–Crippen LogP) is 6.46. The molecule has 6 heteroatoms. The lowest BCUT2D eigenvalue weighted by atomic mass is 10.0. The molecular formula is C30H23NO5. The van der Waals surface area contributed by atoms with Crippen LogP contribution in [-0.4, -0.2) is 21.2 Å². The Morgan fingerprint density at radius 3 is 2.36 bits per heavy atom. The van der Waals surface area contributed by atoms with Crippen molar-refractivity contribution in [3.63, 3.8) is 0 Å². The molecule has 178 valence electrons. The van der Waals surface area contributed by atoms with Gasteiger partial charge in [0.2, 0.25) is 0 Å². The molecule has 0 aliphatic heterocycles. The highest BCUT2D eigenvalue weighted by molar-refractivity contribution is 5.88. The second-order valence-electron chi connectivity index (χ2n) is 8.32. The van der Waals surface area contributed by atoms with Gasteiger partial charge in [-0.3, -0.25) is 0 Å². The first-order valence-corrected chi connectivity index (χ1v) is 11.4. The highest BCUT2D eigenvalue weighted by Crippen LogP contribution is 2.26. The number of aromatic nitrogens is 1. The van der Waals surface area contributed by atoms with Crippen LogP contribution in [0.1, 0.15) is 21.6 Å². The third kappa shape index (κ3) is 5.45. The number of para-hydroxylation sites is 1. The topological polar surface area (TPSA) is 88.9 Å². The molecule has 0 unspecified atom stereocenters. The maximum atomic E-state index is 11.2. The molecule has 2 N–H and O–H groups in total. The van der Waals surface area contributed by atoms with Crippen LogP contribution < -0.4 is 9.47 Å². The molecule has 36 heavy (non-hydrogen) atoms. The van der Waals surface area contributed by atoms with E-state index in [1.54, 1.807) is 0 Å². The average molecular weight is 478 g/mol. The minimum absolute atomic E-state index is 0.0301. The van der Waals surface area contributed by atoms with E-state index in [2.05, 4.69) is 4.98 Å². The van der Waals surface area contributed by atoms with Gasteiger partial charge in [-0.1, -0.05) is 54.6 Å². The number of benzene rings is 4. The molecule has 0 atom stereocenters. The number of carbonyl (C=O) groups is 1. The number of hydrogen-bond acceptors (Lipinski definition) is 5. The van der Waals surface area contributed by atoms with Gasteiger partial charge in [0, 0.05) is 11.5 Å². The number of phenols is 1. The predicted molar refractivity (Wildman–Crippen MR) is 137 cm³/mol. The van der Waals surface area contributed by atoms with Crippen LogP contribution in [0, 0.1) is 0 Å². The van der Waals surface area contributed by atoms with Gasteiger partial charge in [0.25, 0.3) is 0 Å². The van der Waals surface area contributed by atoms with E-state index in [0.717, 1.165) is 39.0 Å². The number of carboxylic acid groups (broad SMARTS) is 1. The second kappa shape index (κ2) is 10.2. The molecule has 0 fully saturated rings. The number of carboxylic acids is 1. The molecule has 0 spiro atoms. The van der Waals surface area contributed by atoms with E-state index < -0.39 is 5.97 Å². The van der Waals surface area contributed by atoms with Gasteiger partial charge in [-0.25, -0.2) is 9.78 Å². The SMILES string of the molecule is O=C(O)c1cc(O)cc(OCc2cccc(-c3ccc(OCc4ccc5ccccc5n4)cc3)c2)c1. The smallest absolute Gasteiger partial charge is 0.335 e. The summed E-state index contributed by atoms with van der Waals surface area (Å²) in [5, 5.41) is 20.0. The molecule has 1 heterocycles. The summed E-state index contributed by atoms with van der Waals surface area (Å²) < 4.78 is 11.7. The number of phenolic OH excluding ortho intramolecular Hbond substituents is 1. The molecule has 6 nitrogen and oxygen atoms in total. The van der Waals surface area contributed by atoms with E-state index in [0.29, 0.717) is 12.4 Å². The van der Waals surface area contributed by atoms with E-state index in [1.807, 2.05) is 84.9 Å². The van der Waals surface area contributed by atoms with Crippen LogP contribution in [-0.2, 0) is 13.2 Å². The lowest BCUT2D eigenvalue weighted by Gasteiger charge is -2.10. The Kier molecular flexibility index (Phi) is 6.49. The number of fused-ring (bicyclic) bond motifs is 1. The fourth-order valence-electron chi connectivity index (χ4n) is 3.89. The van der Waals surface area contributed by atoms with Crippen LogP contribution in [0.5, 0.6) is 17.2 Å². The largest absolute Gasteiger partial charge is 0.508 e. The van der Waals surface area contributed by atoms with Crippen molar-refractivity contribution >= 4 is 16.9 Å². The molecule has 0 amide bonds. The molecule has 0 radical (unpaired) electrons. The van der Waals surface area contributed by atoms with Gasteiger partial charge in [-0.2, -0.15) is 0 Å². The molecular weight excluding hydrogens is 454 g/mol. The number of pyridine rings is 1. The van der Waals surface area contributed by atoms with Crippen LogP contribution in [0.15, 0.2) is 103 Å². The second-order valence-corrected chi connectivity index (χ2v) is 8.32. The summed E-state index contributed by atoms with van der Waals surface area (Å²) in [6.45, 7) is 0.617. The van der Waals surface area contributed by atoms with Crippen molar-refractivity contribution in [3.8, 4) is 28.4 Å². The first kappa shape index (κ1) is 22.9. The Bertz CT molecular complexity index is 1530. The van der Waals surface area contributed by atoms with Crippen molar-refractivity contribution in [1.82, 2.24) is 4.98 Å². The molecule has 0 saturated heterocycles. The average Bonchev–Trinajstić information content (AvgIpc) is 2.91. The number of aromatic carboxylic acids is 1. The number of rotatable bonds is 8. The lowest BCUT2D eigenvalue weighted by molar-refractivity contribution is 0.0695. The Morgan fingerprint density at radius 1 is 0.722 bits per heavy atom. The van der Waals surface area contributed by atoms with Crippen molar-refractivity contribution in [2.45, 2.75) is 13.2 Å². The normalized spacial score (nSPS) is 10.8. The van der Waals surface area contributed by atoms with E-state index in [9.17, 15) is 9.90 Å². The standard InChI is InChI=1S/C30H23NO5/c32-26-15-24(30(33)34)16-28(17-26)35-18-20-4-3-6-23(14-20)21-9-12-27(13-10-21)36-19-25-11-8-22-5-1-2-7-29(22)31-25/h1-17,32H,18-19H2,(H,33,34). The van der Waals surface area contributed by atoms with Crippen molar-refractivity contribution in [1.29, 1.82) is 0 Å². The van der Waals surface area contributed by atoms with E-state index in [4.69, 9.17) is 14.6 Å². The Labute approximate surface area is 208 Å². The van der Waals surface area contributed by atoms with Gasteiger partial charge < -0.3 is 19.7 Å². The first-order valence-electron chi connectivity index (χ1n) is 11.4. The molecule has 0 saturated carbocycles. The fourth-order valence-corrected chi connectivity index (χ4v) is 3.89. The van der Waals surface area contributed by atoms with Gasteiger partial charge in [0.05, 0.1) is 16.8 Å². The van der Waals surface area contributed by atoms with E-state index in [1.165, 1.54) is 18.2 Å². The van der Waals surface area contributed by atoms with Crippen molar-refractivity contribution in [2.75, 3.05) is 0 Å².